The van der Waals surface area contributed by atoms with Crippen molar-refractivity contribution in [2.75, 3.05) is 13.2 Å². The number of hydrogen-bond acceptors (Lipinski definition) is 9. The van der Waals surface area contributed by atoms with Crippen molar-refractivity contribution in [2.24, 2.45) is 10.9 Å². The van der Waals surface area contributed by atoms with Crippen LogP contribution in [0.5, 0.6) is 11.5 Å². The summed E-state index contributed by atoms with van der Waals surface area (Å²) in [5, 5.41) is 33.7. The highest BCUT2D eigenvalue weighted by Crippen LogP contribution is 2.29. The molecule has 43 heavy (non-hydrogen) atoms. The Balaban J connectivity index is 1.31. The van der Waals surface area contributed by atoms with Crippen molar-refractivity contribution in [1.82, 2.24) is 10.2 Å². The number of aliphatic carboxylic acids is 2. The van der Waals surface area contributed by atoms with Crippen LogP contribution in [0.25, 0.3) is 0 Å². The van der Waals surface area contributed by atoms with Crippen LogP contribution in [-0.4, -0.2) is 75.0 Å². The first-order chi connectivity index (χ1) is 20.7. The largest absolute Gasteiger partial charge is 0.494 e. The molecule has 1 fully saturated rings. The maximum Gasteiger partial charge on any atom is 0.331 e. The zero-order valence-corrected chi connectivity index (χ0v) is 22.8. The van der Waals surface area contributed by atoms with Gasteiger partial charge in [-0.3, -0.25) is 14.4 Å². The summed E-state index contributed by atoms with van der Waals surface area (Å²) < 4.78 is 11.2. The van der Waals surface area contributed by atoms with Gasteiger partial charge in [0, 0.05) is 12.0 Å². The summed E-state index contributed by atoms with van der Waals surface area (Å²) in [6.45, 7) is 0.325. The summed E-state index contributed by atoms with van der Waals surface area (Å²) in [6, 6.07) is 18.5. The fourth-order valence-electron chi connectivity index (χ4n) is 4.33. The molecule has 1 saturated heterocycles. The van der Waals surface area contributed by atoms with Gasteiger partial charge >= 0.3 is 11.9 Å². The molecule has 0 saturated carbocycles. The van der Waals surface area contributed by atoms with Crippen molar-refractivity contribution in [1.29, 1.82) is 0 Å². The van der Waals surface area contributed by atoms with Gasteiger partial charge in [0.25, 0.3) is 5.91 Å². The van der Waals surface area contributed by atoms with E-state index in [-0.39, 0.29) is 30.8 Å². The van der Waals surface area contributed by atoms with Crippen LogP contribution in [0.3, 0.4) is 0 Å². The molecule has 0 bridgehead atoms. The second-order valence-electron chi connectivity index (χ2n) is 9.66. The summed E-state index contributed by atoms with van der Waals surface area (Å²) >= 11 is 0. The highest BCUT2D eigenvalue weighted by atomic mass is 16.5. The van der Waals surface area contributed by atoms with E-state index in [0.29, 0.717) is 23.7 Å². The van der Waals surface area contributed by atoms with Crippen LogP contribution in [0.15, 0.2) is 84.0 Å². The molecule has 6 N–H and O–H groups in total. The second kappa shape index (κ2) is 14.0. The van der Waals surface area contributed by atoms with Gasteiger partial charge in [0.15, 0.2) is 11.8 Å². The lowest BCUT2D eigenvalue weighted by molar-refractivity contribution is -0.160. The van der Waals surface area contributed by atoms with Crippen molar-refractivity contribution in [3.63, 3.8) is 0 Å². The monoisotopic (exact) mass is 590 g/mol. The Morgan fingerprint density at radius 2 is 1.56 bits per heavy atom. The maximum atomic E-state index is 12.9. The predicted octanol–water partition coefficient (Wildman–Crippen LogP) is 1.78. The quantitative estimate of drug-likeness (QED) is 0.0797. The third-order valence-electron chi connectivity index (χ3n) is 6.71. The molecule has 1 aliphatic heterocycles. The number of carboxylic acid groups (broad SMARTS) is 2. The van der Waals surface area contributed by atoms with Crippen LogP contribution < -0.4 is 20.5 Å². The molecule has 4 rings (SSSR count). The molecule has 3 unspecified atom stereocenters. The van der Waals surface area contributed by atoms with Crippen LogP contribution >= 0.6 is 0 Å². The smallest absolute Gasteiger partial charge is 0.331 e. The van der Waals surface area contributed by atoms with Crippen LogP contribution in [0, 0.1) is 0 Å². The highest BCUT2D eigenvalue weighted by Gasteiger charge is 2.45. The Morgan fingerprint density at radius 1 is 0.930 bits per heavy atom. The molecule has 0 aliphatic carbocycles. The minimum atomic E-state index is -1.27. The van der Waals surface area contributed by atoms with E-state index in [4.69, 9.17) is 20.3 Å². The first kappa shape index (κ1) is 30.5. The lowest BCUT2D eigenvalue weighted by atomic mass is 9.97. The average molecular weight is 591 g/mol. The molecular weight excluding hydrogens is 560 g/mol. The number of rotatable bonds is 14. The molecule has 13 heteroatoms. The number of ether oxygens (including phenoxy) is 2. The first-order valence-corrected chi connectivity index (χ1v) is 13.2. The van der Waals surface area contributed by atoms with E-state index in [9.17, 15) is 29.5 Å². The van der Waals surface area contributed by atoms with Gasteiger partial charge in [-0.2, -0.15) is 0 Å². The molecule has 224 valence electrons. The van der Waals surface area contributed by atoms with Gasteiger partial charge in [-0.15, -0.1) is 0 Å². The fourth-order valence-corrected chi connectivity index (χ4v) is 4.33. The number of benzene rings is 3. The Morgan fingerprint density at radius 3 is 2.14 bits per heavy atom. The molecule has 0 spiro atoms. The van der Waals surface area contributed by atoms with Gasteiger partial charge in [-0.05, 0) is 47.5 Å². The third kappa shape index (κ3) is 7.65. The van der Waals surface area contributed by atoms with Gasteiger partial charge in [-0.1, -0.05) is 47.6 Å². The average Bonchev–Trinajstić information content (AvgIpc) is 3.01. The topological polar surface area (TPSA) is 201 Å². The van der Waals surface area contributed by atoms with Crippen LogP contribution in [0.1, 0.15) is 29.2 Å². The Bertz CT molecular complexity index is 1480. The number of nitrogens with zero attached hydrogens (tertiary/aromatic N) is 2. The number of carbonyl (C=O) groups is 4. The van der Waals surface area contributed by atoms with Crippen LogP contribution in [0.4, 0.5) is 0 Å². The van der Waals surface area contributed by atoms with Crippen molar-refractivity contribution in [3.8, 4) is 11.5 Å². The van der Waals surface area contributed by atoms with Crippen molar-refractivity contribution >= 4 is 29.5 Å². The number of β-lactam (4-membered cyclic amide) rings is 1. The molecule has 2 amide bonds. The molecule has 0 aromatic heterocycles. The molecule has 3 aromatic carbocycles. The van der Waals surface area contributed by atoms with E-state index in [1.165, 1.54) is 24.3 Å². The Hall–Kier alpha value is -5.43. The maximum absolute atomic E-state index is 12.9. The summed E-state index contributed by atoms with van der Waals surface area (Å²) in [7, 11) is 0. The highest BCUT2D eigenvalue weighted by molar-refractivity contribution is 6.45. The summed E-state index contributed by atoms with van der Waals surface area (Å²) in [5.41, 5.74) is 6.63. The number of nitrogens with one attached hydrogen (secondary N) is 1. The fraction of sp³-hybridized carbons (Fsp3) is 0.233. The number of carbonyl (C=O) groups excluding carboxylic acids is 2. The summed E-state index contributed by atoms with van der Waals surface area (Å²) in [5.74, 6) is -2.91. The van der Waals surface area contributed by atoms with E-state index < -0.39 is 41.9 Å². The minimum Gasteiger partial charge on any atom is -0.494 e. The molecular formula is C30H30N4O9. The van der Waals surface area contributed by atoms with Gasteiger partial charge < -0.3 is 40.8 Å². The minimum absolute atomic E-state index is 0.0536. The lowest BCUT2D eigenvalue weighted by Gasteiger charge is -2.42. The summed E-state index contributed by atoms with van der Waals surface area (Å²) in [6.07, 6.45) is 0.0898. The molecule has 1 aliphatic rings. The van der Waals surface area contributed by atoms with E-state index in [0.717, 1.165) is 10.5 Å². The molecule has 3 atom stereocenters. The number of likely N-dealkylation sites (tertiary alicyclic amines) is 1. The second-order valence-corrected chi connectivity index (χ2v) is 9.66. The number of nitrogens with two attached hydrogens (primary N) is 1. The number of hydrogen-bond donors (Lipinski definition) is 5. The third-order valence-corrected chi connectivity index (χ3v) is 6.71. The number of oxime groups is 1. The number of amides is 2. The van der Waals surface area contributed by atoms with E-state index in [1.54, 1.807) is 24.3 Å². The summed E-state index contributed by atoms with van der Waals surface area (Å²) in [4.78, 5) is 49.7. The van der Waals surface area contributed by atoms with Gasteiger partial charge in [0.1, 0.15) is 30.2 Å². The zero-order valence-electron chi connectivity index (χ0n) is 22.8. The van der Waals surface area contributed by atoms with Gasteiger partial charge in [0.05, 0.1) is 13.2 Å². The normalized spacial score (nSPS) is 16.0. The Kier molecular flexibility index (Phi) is 9.91. The Labute approximate surface area is 246 Å². The lowest BCUT2D eigenvalue weighted by Crippen LogP contribution is -2.66. The van der Waals surface area contributed by atoms with E-state index in [2.05, 4.69) is 10.5 Å². The first-order valence-electron chi connectivity index (χ1n) is 13.2. The SMILES string of the molecule is NC(CCOc1ccc(/C(=N/O)C(=O)NC2CN(C(C(=O)O)c3ccc(OCc4ccccc4)cc3)C2=O)cc1)C(=O)O. The van der Waals surface area contributed by atoms with E-state index in [1.807, 2.05) is 30.3 Å². The molecule has 3 aromatic rings. The van der Waals surface area contributed by atoms with Crippen LogP contribution in [0.2, 0.25) is 0 Å². The molecule has 1 heterocycles. The van der Waals surface area contributed by atoms with Crippen LogP contribution in [-0.2, 0) is 25.8 Å². The van der Waals surface area contributed by atoms with Crippen molar-refractivity contribution in [2.45, 2.75) is 31.2 Å². The zero-order chi connectivity index (χ0) is 30.9. The predicted molar refractivity (Wildman–Crippen MR) is 152 cm³/mol. The van der Waals surface area contributed by atoms with Crippen molar-refractivity contribution in [3.05, 3.63) is 95.6 Å². The molecule has 0 radical (unpaired) electrons. The van der Waals surface area contributed by atoms with Crippen molar-refractivity contribution < 1.29 is 44.1 Å². The standard InChI is InChI=1S/C30H30N4O9/c31-23(29(37)38)14-15-42-21-10-6-19(7-11-21)25(33-41)27(35)32-24-16-34(28(24)36)26(30(39)40)20-8-12-22(13-9-20)43-17-18-4-2-1-3-5-18/h1-13,23-24,26,41H,14-17,31H2,(H,32,35)(H,37,38)(H,39,40)/b33-25-. The van der Waals surface area contributed by atoms with E-state index >= 15 is 0 Å². The van der Waals surface area contributed by atoms with Gasteiger partial charge in [0.2, 0.25) is 5.91 Å². The number of carboxylic acids is 2. The molecule has 13 nitrogen and oxygen atoms in total. The van der Waals surface area contributed by atoms with Gasteiger partial charge in [-0.25, -0.2) is 4.79 Å².